The lowest BCUT2D eigenvalue weighted by Crippen LogP contribution is -2.61. The van der Waals surface area contributed by atoms with E-state index in [-0.39, 0.29) is 55.9 Å². The fourth-order valence-electron chi connectivity index (χ4n) is 8.94. The third-order valence-electron chi connectivity index (χ3n) is 13.2. The first-order valence-corrected chi connectivity index (χ1v) is 24.6. The molecule has 23 nitrogen and oxygen atoms in total. The highest BCUT2D eigenvalue weighted by atomic mass is 16.7. The second-order valence-electron chi connectivity index (χ2n) is 18.4. The lowest BCUT2D eigenvalue weighted by atomic mass is 9.96. The highest BCUT2D eigenvalue weighted by molar-refractivity contribution is 6.12. The zero-order valence-corrected chi connectivity index (χ0v) is 41.2. The molecule has 0 spiro atoms. The smallest absolute Gasteiger partial charge is 0.410 e. The number of carboxylic acids is 1. The van der Waals surface area contributed by atoms with Crippen LogP contribution >= 0.6 is 0 Å². The summed E-state index contributed by atoms with van der Waals surface area (Å²) in [7, 11) is 1.66. The van der Waals surface area contributed by atoms with Crippen LogP contribution in [-0.2, 0) is 48.3 Å². The third-order valence-corrected chi connectivity index (χ3v) is 13.2. The second kappa shape index (κ2) is 25.5. The minimum absolute atomic E-state index is 0.0929. The van der Waals surface area contributed by atoms with Gasteiger partial charge in [-0.05, 0) is 61.1 Å². The van der Waals surface area contributed by atoms with Crippen molar-refractivity contribution in [3.63, 3.8) is 0 Å². The number of hydrogen-bond acceptors (Lipinski definition) is 19. The Morgan fingerprint density at radius 3 is 2.36 bits per heavy atom. The van der Waals surface area contributed by atoms with Gasteiger partial charge in [-0.2, -0.15) is 4.98 Å². The number of unbranched alkanes of at least 4 members (excludes halogenated alkanes) is 2. The van der Waals surface area contributed by atoms with Crippen LogP contribution in [0.15, 0.2) is 60.8 Å². The van der Waals surface area contributed by atoms with Gasteiger partial charge in [-0.25, -0.2) is 14.6 Å². The molecule has 2 aromatic heterocycles. The summed E-state index contributed by atoms with van der Waals surface area (Å²) in [6.45, 7) is 6.60. The number of anilines is 2. The van der Waals surface area contributed by atoms with Crippen molar-refractivity contribution in [2.45, 2.75) is 108 Å². The Bertz CT molecular complexity index is 2550. The number of nitrogens with two attached hydrogens (primary N) is 3. The van der Waals surface area contributed by atoms with Gasteiger partial charge in [0.1, 0.15) is 41.9 Å². The summed E-state index contributed by atoms with van der Waals surface area (Å²) in [6, 6.07) is 11.8. The van der Waals surface area contributed by atoms with E-state index in [1.54, 1.807) is 24.1 Å². The van der Waals surface area contributed by atoms with Crippen molar-refractivity contribution in [1.82, 2.24) is 29.2 Å². The highest BCUT2D eigenvalue weighted by Crippen LogP contribution is 2.33. The molecule has 396 valence electrons. The maximum Gasteiger partial charge on any atom is 0.410 e. The van der Waals surface area contributed by atoms with Gasteiger partial charge >= 0.3 is 12.1 Å². The number of amides is 3. The molecule has 7 atom stereocenters. The molecular weight excluding hydrogens is 949 g/mol. The third kappa shape index (κ3) is 14.0. The topological polar surface area (TPSA) is 326 Å². The summed E-state index contributed by atoms with van der Waals surface area (Å²) in [5.74, 6) is -0.585. The number of piperazine rings is 1. The van der Waals surface area contributed by atoms with Gasteiger partial charge in [0.25, 0.3) is 11.8 Å². The van der Waals surface area contributed by atoms with Crippen molar-refractivity contribution in [2.75, 3.05) is 70.6 Å². The molecule has 2 fully saturated rings. The number of carbonyl (C=O) groups excluding carboxylic acids is 3. The van der Waals surface area contributed by atoms with Gasteiger partial charge in [0.05, 0.1) is 32.3 Å². The number of benzene rings is 2. The number of aliphatic hydroxyl groups excluding tert-OH is 3. The normalized spacial score (nSPS) is 21.2. The van der Waals surface area contributed by atoms with Crippen molar-refractivity contribution in [3.8, 4) is 11.5 Å². The van der Waals surface area contributed by atoms with E-state index in [2.05, 4.69) is 43.8 Å². The van der Waals surface area contributed by atoms with E-state index >= 15 is 0 Å². The Morgan fingerprint density at radius 2 is 1.63 bits per heavy atom. The number of imide groups is 1. The fourth-order valence-corrected chi connectivity index (χ4v) is 8.94. The Labute approximate surface area is 422 Å². The fraction of sp³-hybridized carbons (Fsp3) is 0.520. The van der Waals surface area contributed by atoms with Crippen LogP contribution in [0.4, 0.5) is 16.6 Å². The molecule has 23 heteroatoms. The molecule has 2 aromatic carbocycles. The molecule has 2 unspecified atom stereocenters. The number of rotatable bonds is 25. The molecule has 0 radical (unpaired) electrons. The van der Waals surface area contributed by atoms with Crippen LogP contribution in [0.1, 0.15) is 73.7 Å². The number of aromatic nitrogens is 3. The molecule has 2 saturated heterocycles. The number of nitrogen functional groups attached to an aromatic ring is 1. The van der Waals surface area contributed by atoms with Gasteiger partial charge < -0.3 is 76.1 Å². The Hall–Kier alpha value is -6.44. The first kappa shape index (κ1) is 54.3. The molecule has 0 aliphatic carbocycles. The van der Waals surface area contributed by atoms with E-state index in [1.807, 2.05) is 18.3 Å². The molecule has 4 aromatic rings. The van der Waals surface area contributed by atoms with Crippen LogP contribution in [0.3, 0.4) is 0 Å². The molecular formula is C50H68N10O13. The number of hydrogen-bond donors (Lipinski definition) is 8. The van der Waals surface area contributed by atoms with Crippen LogP contribution in [0.2, 0.25) is 0 Å². The number of methoxy groups -OCH3 is 1. The Kier molecular flexibility index (Phi) is 19.0. The van der Waals surface area contributed by atoms with Crippen LogP contribution < -0.4 is 32.0 Å². The van der Waals surface area contributed by atoms with E-state index in [0.717, 1.165) is 58.6 Å². The van der Waals surface area contributed by atoms with Crippen molar-refractivity contribution >= 4 is 46.7 Å². The number of nitrogens with zero attached hydrogens (tertiary/aromatic N) is 6. The van der Waals surface area contributed by atoms with Gasteiger partial charge in [0.2, 0.25) is 12.2 Å². The van der Waals surface area contributed by atoms with Crippen LogP contribution in [0.25, 0.3) is 11.0 Å². The molecule has 0 saturated carbocycles. The summed E-state index contributed by atoms with van der Waals surface area (Å²) in [4.78, 5) is 62.7. The number of aliphatic hydroxyl groups is 3. The van der Waals surface area contributed by atoms with Crippen molar-refractivity contribution in [3.05, 3.63) is 83.1 Å². The summed E-state index contributed by atoms with van der Waals surface area (Å²) < 4.78 is 30.7. The van der Waals surface area contributed by atoms with Crippen molar-refractivity contribution in [1.29, 1.82) is 0 Å². The molecule has 3 aliphatic rings. The number of fused-ring (bicyclic) bond motifs is 1. The Morgan fingerprint density at radius 1 is 0.877 bits per heavy atom. The lowest BCUT2D eigenvalue weighted by Gasteiger charge is -2.38. The molecule has 73 heavy (non-hydrogen) atoms. The van der Waals surface area contributed by atoms with Crippen molar-refractivity contribution < 1.29 is 63.3 Å². The van der Waals surface area contributed by atoms with Crippen LogP contribution in [0.5, 0.6) is 11.5 Å². The first-order chi connectivity index (χ1) is 35.1. The molecule has 11 N–H and O–H groups in total. The average molecular weight is 1020 g/mol. The number of carbonyl (C=O) groups is 4. The SMILES string of the molecule is CCCCCNc1nc(N)nc2ccn(Cc3ccc(CN4CCN(C(=O)OCc5ccc(O[C@@H]6O[C@H](C(=O)O)[C@@H](O)[C@H](O)[C@H]6O)c(C(N)CCC(N)CCOCCN6C(=O)C=CC6=O)c5)CC4)cc3OC)c12. The monoisotopic (exact) mass is 1020 g/mol. The first-order valence-electron chi connectivity index (χ1n) is 24.6. The molecule has 3 amide bonds. The van der Waals surface area contributed by atoms with Gasteiger partial charge in [-0.1, -0.05) is 38.0 Å². The second-order valence-corrected chi connectivity index (χ2v) is 18.4. The number of ether oxygens (including phenoxy) is 5. The predicted octanol–water partition coefficient (Wildman–Crippen LogP) is 1.84. The quantitative estimate of drug-likeness (QED) is 0.0347. The minimum atomic E-state index is -1.92. The summed E-state index contributed by atoms with van der Waals surface area (Å²) in [5.41, 5.74) is 23.8. The van der Waals surface area contributed by atoms with Gasteiger partial charge in [-0.15, -0.1) is 0 Å². The van der Waals surface area contributed by atoms with E-state index < -0.39 is 48.8 Å². The van der Waals surface area contributed by atoms with E-state index in [0.29, 0.717) is 75.5 Å². The zero-order valence-electron chi connectivity index (χ0n) is 41.2. The molecule has 0 bridgehead atoms. The lowest BCUT2D eigenvalue weighted by molar-refractivity contribution is -0.271. The highest BCUT2D eigenvalue weighted by Gasteiger charge is 2.48. The summed E-state index contributed by atoms with van der Waals surface area (Å²) >= 11 is 0. The summed E-state index contributed by atoms with van der Waals surface area (Å²) in [6.07, 6.45) is -0.873. The average Bonchev–Trinajstić information content (AvgIpc) is 3.94. The van der Waals surface area contributed by atoms with Gasteiger partial charge in [0.15, 0.2) is 11.9 Å². The number of aliphatic carboxylic acids is 1. The Balaban J connectivity index is 0.927. The maximum absolute atomic E-state index is 13.4. The van der Waals surface area contributed by atoms with Gasteiger partial charge in [0, 0.05) is 87.4 Å². The maximum atomic E-state index is 13.4. The number of nitrogens with one attached hydrogen (secondary N) is 1. The minimum Gasteiger partial charge on any atom is -0.496 e. The molecule has 3 aliphatic heterocycles. The summed E-state index contributed by atoms with van der Waals surface area (Å²) in [5, 5.41) is 44.4. The van der Waals surface area contributed by atoms with Crippen molar-refractivity contribution in [2.24, 2.45) is 11.5 Å². The van der Waals surface area contributed by atoms with E-state index in [9.17, 15) is 39.6 Å². The predicted molar refractivity (Wildman–Crippen MR) is 266 cm³/mol. The standard InChI is InChI=1S/C50H68N10O13/c1-3-4-5-16-54-46-41-36(55-49(53)56-46)14-17-59(41)28-32-8-6-30(26-38(32)69-2)27-57-18-20-58(21-19-57)50(68)71-29-31-7-11-37(72-48-44(65)42(63)43(64)45(73-48)47(66)67)34(25-31)35(52)10-9-33(51)15-23-70-24-22-60-39(61)12-13-40(60)62/h6-8,11-14,17,25-26,33,35,42-45,48,63-65H,3-5,9-10,15-16,18-24,27-29,51-52H2,1-2H3,(H,66,67)(H3,53,54,55,56)/t33?,35?,42-,43-,44+,45-,48+/m0/s1. The number of carboxylic acid groups (broad SMARTS) is 1. The largest absolute Gasteiger partial charge is 0.496 e. The van der Waals surface area contributed by atoms with Crippen LogP contribution in [-0.4, -0.2) is 170 Å². The van der Waals surface area contributed by atoms with E-state index in [1.165, 1.54) is 18.2 Å². The zero-order chi connectivity index (χ0) is 52.2. The van der Waals surface area contributed by atoms with Crippen LogP contribution in [0, 0.1) is 0 Å². The molecule has 5 heterocycles. The van der Waals surface area contributed by atoms with E-state index in [4.69, 9.17) is 40.9 Å². The van der Waals surface area contributed by atoms with Gasteiger partial charge in [-0.3, -0.25) is 19.4 Å². The molecule has 7 rings (SSSR count).